The summed E-state index contributed by atoms with van der Waals surface area (Å²) >= 11 is 8.96. The lowest BCUT2D eigenvalue weighted by molar-refractivity contribution is 0.0522. The van der Waals surface area contributed by atoms with E-state index < -0.39 is 29.5 Å². The van der Waals surface area contributed by atoms with E-state index in [1.54, 1.807) is 44.2 Å². The van der Waals surface area contributed by atoms with E-state index in [1.165, 1.54) is 12.1 Å². The minimum atomic E-state index is -0.661. The number of ether oxygens (including phenoxy) is 2. The number of carbonyl (C=O) groups is 3. The number of primary amides is 1. The Morgan fingerprint density at radius 1 is 0.925 bits per heavy atom. The van der Waals surface area contributed by atoms with Gasteiger partial charge in [0.2, 0.25) is 5.91 Å². The number of nitrogens with zero attached hydrogens (tertiary/aromatic N) is 3. The SMILES string of the molecule is CCOC(=O)c1sc2c(F)ccc(Br)c2c1C(=N)N(CCn1c(-c2c(C(=O)OCC)sc3c(F)ccc(Br)c23)nc2cc(C(N)=O)ccc21)[C@H](C)CC. The van der Waals surface area contributed by atoms with E-state index >= 15 is 8.78 Å². The number of nitrogens with two attached hydrogens (primary N) is 1. The molecule has 276 valence electrons. The lowest BCUT2D eigenvalue weighted by Gasteiger charge is -2.32. The van der Waals surface area contributed by atoms with Crippen molar-refractivity contribution in [2.75, 3.05) is 19.8 Å². The Morgan fingerprint density at radius 2 is 1.51 bits per heavy atom. The van der Waals surface area contributed by atoms with Gasteiger partial charge < -0.3 is 24.7 Å². The molecule has 0 saturated heterocycles. The molecule has 1 atom stereocenters. The third-order valence-corrected chi connectivity index (χ3v) is 12.5. The smallest absolute Gasteiger partial charge is 0.349 e. The summed E-state index contributed by atoms with van der Waals surface area (Å²) in [5.41, 5.74) is 7.40. The van der Waals surface area contributed by atoms with Crippen LogP contribution in [0, 0.1) is 17.0 Å². The third-order valence-electron chi connectivity index (χ3n) is 8.87. The van der Waals surface area contributed by atoms with Crippen LogP contribution in [0.15, 0.2) is 51.4 Å². The highest BCUT2D eigenvalue weighted by Crippen LogP contribution is 2.45. The highest BCUT2D eigenvalue weighted by molar-refractivity contribution is 9.11. The molecule has 0 aliphatic rings. The fourth-order valence-corrected chi connectivity index (χ4v) is 9.78. The maximum atomic E-state index is 15.3. The molecule has 53 heavy (non-hydrogen) atoms. The molecule has 3 aromatic heterocycles. The van der Waals surface area contributed by atoms with E-state index in [0.717, 1.165) is 22.7 Å². The number of nitrogens with one attached hydrogen (secondary N) is 1. The first-order chi connectivity index (χ1) is 25.3. The maximum absolute atomic E-state index is 15.3. The molecular formula is C37H33Br2F2N5O5S2. The van der Waals surface area contributed by atoms with E-state index in [2.05, 4.69) is 31.9 Å². The van der Waals surface area contributed by atoms with E-state index in [0.29, 0.717) is 48.6 Å². The molecular weight excluding hydrogens is 856 g/mol. The highest BCUT2D eigenvalue weighted by Gasteiger charge is 2.32. The monoisotopic (exact) mass is 887 g/mol. The van der Waals surface area contributed by atoms with Crippen molar-refractivity contribution >= 4 is 109 Å². The number of aromatic nitrogens is 2. The number of amidine groups is 1. The number of fused-ring (bicyclic) bond motifs is 3. The molecule has 0 unspecified atom stereocenters. The Hall–Kier alpha value is -4.25. The third kappa shape index (κ3) is 6.97. The van der Waals surface area contributed by atoms with E-state index in [9.17, 15) is 19.8 Å². The van der Waals surface area contributed by atoms with Crippen LogP contribution in [-0.2, 0) is 16.0 Å². The number of hydrogen-bond acceptors (Lipinski definition) is 9. The number of amides is 1. The zero-order valence-corrected chi connectivity index (χ0v) is 33.7. The number of halogens is 4. The Morgan fingerprint density at radius 3 is 2.11 bits per heavy atom. The zero-order valence-electron chi connectivity index (χ0n) is 28.9. The van der Waals surface area contributed by atoms with Gasteiger partial charge in [0, 0.05) is 44.4 Å². The molecule has 0 aliphatic carbocycles. The van der Waals surface area contributed by atoms with Gasteiger partial charge in [0.05, 0.1) is 44.8 Å². The molecule has 3 aromatic carbocycles. The molecule has 16 heteroatoms. The van der Waals surface area contributed by atoms with Gasteiger partial charge in [-0.15, -0.1) is 22.7 Å². The second kappa shape index (κ2) is 15.6. The lowest BCUT2D eigenvalue weighted by Crippen LogP contribution is -2.41. The van der Waals surface area contributed by atoms with Crippen molar-refractivity contribution in [3.05, 3.63) is 83.9 Å². The van der Waals surface area contributed by atoms with Crippen molar-refractivity contribution in [1.82, 2.24) is 14.5 Å². The molecule has 0 radical (unpaired) electrons. The normalized spacial score (nSPS) is 12.1. The summed E-state index contributed by atoms with van der Waals surface area (Å²) < 4.78 is 44.6. The lowest BCUT2D eigenvalue weighted by atomic mass is 10.1. The topological polar surface area (TPSA) is 141 Å². The number of carbonyl (C=O) groups excluding carboxylic acids is 3. The fourth-order valence-electron chi connectivity index (χ4n) is 6.21. The van der Waals surface area contributed by atoms with Gasteiger partial charge in [-0.1, -0.05) is 38.8 Å². The van der Waals surface area contributed by atoms with Gasteiger partial charge >= 0.3 is 11.9 Å². The van der Waals surface area contributed by atoms with Crippen LogP contribution >= 0.6 is 54.5 Å². The molecule has 0 saturated carbocycles. The van der Waals surface area contributed by atoms with Gasteiger partial charge in [-0.2, -0.15) is 0 Å². The number of esters is 2. The number of hydrogen-bond donors (Lipinski definition) is 2. The standard InChI is InChI=1S/C37H33Br2F2N5O5S2/c1-5-17(4)45(33(42)27-25-19(38)9-11-21(40)29(25)52-31(27)36(48)50-6-2)14-15-46-24-13-8-18(34(43)47)16-23(24)44-35(46)28-26-20(39)10-12-22(41)30(26)53-32(28)37(49)51-7-3/h8-13,16-17,42H,5-7,14-15H2,1-4H3,(H2,43,47)/t17-/m1/s1. The summed E-state index contributed by atoms with van der Waals surface area (Å²) in [5, 5.41) is 10.4. The highest BCUT2D eigenvalue weighted by atomic mass is 79.9. The Bertz CT molecular complexity index is 2460. The molecule has 6 aromatic rings. The average molecular weight is 890 g/mol. The van der Waals surface area contributed by atoms with Crippen molar-refractivity contribution < 1.29 is 32.6 Å². The Labute approximate surface area is 327 Å². The van der Waals surface area contributed by atoms with Crippen LogP contribution in [0.2, 0.25) is 0 Å². The minimum absolute atomic E-state index is 0.0139. The summed E-state index contributed by atoms with van der Waals surface area (Å²) in [4.78, 5) is 45.9. The largest absolute Gasteiger partial charge is 0.462 e. The van der Waals surface area contributed by atoms with Gasteiger partial charge in [0.1, 0.15) is 33.0 Å². The second-order valence-corrected chi connectivity index (χ2v) is 15.7. The van der Waals surface area contributed by atoms with Gasteiger partial charge in [-0.05, 0) is 69.7 Å². The summed E-state index contributed by atoms with van der Waals surface area (Å²) in [6, 6.07) is 10.3. The number of thiophene rings is 2. The summed E-state index contributed by atoms with van der Waals surface area (Å²) in [6.45, 7) is 7.81. The van der Waals surface area contributed by atoms with Crippen LogP contribution in [0.25, 0.3) is 42.6 Å². The first-order valence-electron chi connectivity index (χ1n) is 16.6. The van der Waals surface area contributed by atoms with Gasteiger partial charge in [-0.3, -0.25) is 10.2 Å². The second-order valence-electron chi connectivity index (χ2n) is 12.0. The molecule has 3 N–H and O–H groups in total. The van der Waals surface area contributed by atoms with Gasteiger partial charge in [0.15, 0.2) is 0 Å². The van der Waals surface area contributed by atoms with E-state index in [4.69, 9.17) is 20.2 Å². The molecule has 1 amide bonds. The molecule has 3 heterocycles. The summed E-state index contributed by atoms with van der Waals surface area (Å²) in [5.74, 6) is -2.73. The van der Waals surface area contributed by atoms with Crippen molar-refractivity contribution in [2.24, 2.45) is 5.73 Å². The van der Waals surface area contributed by atoms with Crippen molar-refractivity contribution in [2.45, 2.75) is 46.7 Å². The predicted octanol–water partition coefficient (Wildman–Crippen LogP) is 9.51. The van der Waals surface area contributed by atoms with E-state index in [-0.39, 0.29) is 68.5 Å². The fraction of sp³-hybridized carbons (Fsp3) is 0.270. The first-order valence-corrected chi connectivity index (χ1v) is 19.9. The van der Waals surface area contributed by atoms with Gasteiger partial charge in [0.25, 0.3) is 0 Å². The number of benzene rings is 3. The minimum Gasteiger partial charge on any atom is -0.462 e. The molecule has 6 rings (SSSR count). The Kier molecular flexibility index (Phi) is 11.3. The van der Waals surface area contributed by atoms with Crippen LogP contribution in [-0.4, -0.2) is 63.9 Å². The predicted molar refractivity (Wildman–Crippen MR) is 211 cm³/mol. The molecule has 0 bridgehead atoms. The van der Waals surface area contributed by atoms with Crippen molar-refractivity contribution in [3.63, 3.8) is 0 Å². The Balaban J connectivity index is 1.55. The van der Waals surface area contributed by atoms with Gasteiger partial charge in [-0.25, -0.2) is 23.4 Å². The quantitative estimate of drug-likeness (QED) is 0.0709. The summed E-state index contributed by atoms with van der Waals surface area (Å²) in [7, 11) is 0. The van der Waals surface area contributed by atoms with Crippen LogP contribution in [0.3, 0.4) is 0 Å². The molecule has 10 nitrogen and oxygen atoms in total. The van der Waals surface area contributed by atoms with Crippen LogP contribution in [0.5, 0.6) is 0 Å². The maximum Gasteiger partial charge on any atom is 0.349 e. The van der Waals surface area contributed by atoms with Crippen molar-refractivity contribution in [3.8, 4) is 11.4 Å². The molecule has 0 aliphatic heterocycles. The molecule has 0 spiro atoms. The van der Waals surface area contributed by atoms with E-state index in [1.807, 2.05) is 23.3 Å². The van der Waals surface area contributed by atoms with Crippen LogP contribution < -0.4 is 5.73 Å². The first kappa shape index (κ1) is 38.5. The van der Waals surface area contributed by atoms with Crippen molar-refractivity contribution in [1.29, 1.82) is 5.41 Å². The molecule has 0 fully saturated rings. The number of rotatable bonds is 12. The number of imidazole rings is 1. The summed E-state index contributed by atoms with van der Waals surface area (Å²) in [6.07, 6.45) is 0.614. The zero-order chi connectivity index (χ0) is 38.3. The average Bonchev–Trinajstić information content (AvgIpc) is 3.84. The van der Waals surface area contributed by atoms with Crippen LogP contribution in [0.4, 0.5) is 8.78 Å². The van der Waals surface area contributed by atoms with Crippen LogP contribution in [0.1, 0.15) is 69.4 Å².